The van der Waals surface area contributed by atoms with Crippen molar-refractivity contribution in [3.8, 4) is 11.3 Å². The number of pyridine rings is 1. The molecule has 0 fully saturated rings. The standard InChI is InChI=1S/C10H8N4/c1-3-11-4-2-8(1)9-7-10-12-5-6-14(10)13-9/h1-7,13H. The van der Waals surface area contributed by atoms with Crippen molar-refractivity contribution < 1.29 is 0 Å². The minimum absolute atomic E-state index is 0.928. The Hall–Kier alpha value is -2.10. The molecule has 0 aliphatic rings. The van der Waals surface area contributed by atoms with E-state index in [0.29, 0.717) is 0 Å². The van der Waals surface area contributed by atoms with Gasteiger partial charge in [0.2, 0.25) is 0 Å². The topological polar surface area (TPSA) is 46.0 Å². The van der Waals surface area contributed by atoms with Crippen LogP contribution in [0.3, 0.4) is 0 Å². The lowest BCUT2D eigenvalue weighted by Gasteiger charge is -1.94. The van der Waals surface area contributed by atoms with Crippen molar-refractivity contribution in [1.29, 1.82) is 0 Å². The Morgan fingerprint density at radius 1 is 1.14 bits per heavy atom. The molecule has 0 amide bonds. The van der Waals surface area contributed by atoms with Crippen molar-refractivity contribution >= 4 is 5.65 Å². The molecule has 0 unspecified atom stereocenters. The van der Waals surface area contributed by atoms with Crippen LogP contribution in [0.15, 0.2) is 43.0 Å². The summed E-state index contributed by atoms with van der Waals surface area (Å²) in [6.45, 7) is 0. The maximum atomic E-state index is 4.18. The Labute approximate surface area is 80.2 Å². The second-order valence-electron chi connectivity index (χ2n) is 3.06. The van der Waals surface area contributed by atoms with Crippen molar-refractivity contribution in [3.63, 3.8) is 0 Å². The molecule has 4 nitrogen and oxygen atoms in total. The molecule has 68 valence electrons. The van der Waals surface area contributed by atoms with E-state index in [1.54, 1.807) is 18.6 Å². The first-order valence-corrected chi connectivity index (χ1v) is 4.36. The van der Waals surface area contributed by atoms with Gasteiger partial charge in [-0.3, -0.25) is 10.1 Å². The fourth-order valence-electron chi connectivity index (χ4n) is 1.49. The summed E-state index contributed by atoms with van der Waals surface area (Å²) in [7, 11) is 0. The Morgan fingerprint density at radius 3 is 2.79 bits per heavy atom. The van der Waals surface area contributed by atoms with Crippen LogP contribution in [0.1, 0.15) is 0 Å². The molecule has 4 heteroatoms. The van der Waals surface area contributed by atoms with E-state index >= 15 is 0 Å². The van der Waals surface area contributed by atoms with Crippen LogP contribution in [-0.4, -0.2) is 19.6 Å². The maximum absolute atomic E-state index is 4.18. The zero-order valence-electron chi connectivity index (χ0n) is 7.38. The normalized spacial score (nSPS) is 10.9. The van der Waals surface area contributed by atoms with E-state index in [9.17, 15) is 0 Å². The van der Waals surface area contributed by atoms with Gasteiger partial charge in [0.25, 0.3) is 0 Å². The minimum atomic E-state index is 0.928. The third kappa shape index (κ3) is 1.01. The Balaban J connectivity index is 2.19. The van der Waals surface area contributed by atoms with Crippen molar-refractivity contribution in [2.45, 2.75) is 0 Å². The van der Waals surface area contributed by atoms with Gasteiger partial charge in [0.15, 0.2) is 5.65 Å². The summed E-state index contributed by atoms with van der Waals surface area (Å²) in [5.74, 6) is 0. The number of nitrogens with one attached hydrogen (secondary N) is 1. The Morgan fingerprint density at radius 2 is 2.00 bits per heavy atom. The van der Waals surface area contributed by atoms with Gasteiger partial charge in [0, 0.05) is 36.4 Å². The molecule has 3 aromatic heterocycles. The molecule has 3 aromatic rings. The van der Waals surface area contributed by atoms with E-state index in [4.69, 9.17) is 0 Å². The lowest BCUT2D eigenvalue weighted by Crippen LogP contribution is -1.82. The first-order chi connectivity index (χ1) is 6.93. The minimum Gasteiger partial charge on any atom is -0.292 e. The van der Waals surface area contributed by atoms with Gasteiger partial charge in [-0.2, -0.15) is 0 Å². The number of aromatic amines is 1. The molecule has 0 radical (unpaired) electrons. The number of nitrogens with zero attached hydrogens (tertiary/aromatic N) is 3. The van der Waals surface area contributed by atoms with Crippen molar-refractivity contribution in [2.75, 3.05) is 0 Å². The van der Waals surface area contributed by atoms with Gasteiger partial charge < -0.3 is 0 Å². The first-order valence-electron chi connectivity index (χ1n) is 4.36. The number of H-pyrrole nitrogens is 1. The van der Waals surface area contributed by atoms with Crippen molar-refractivity contribution in [1.82, 2.24) is 19.6 Å². The van der Waals surface area contributed by atoms with Crippen molar-refractivity contribution in [3.05, 3.63) is 43.0 Å². The summed E-state index contributed by atoms with van der Waals surface area (Å²) in [6, 6.07) is 5.94. The zero-order valence-corrected chi connectivity index (χ0v) is 7.38. The number of hydrogen-bond acceptors (Lipinski definition) is 2. The van der Waals surface area contributed by atoms with Crippen LogP contribution in [-0.2, 0) is 0 Å². The van der Waals surface area contributed by atoms with Gasteiger partial charge in [-0.1, -0.05) is 0 Å². The summed E-state index contributed by atoms with van der Waals surface area (Å²) in [5, 5.41) is 3.22. The van der Waals surface area contributed by atoms with Crippen LogP contribution in [0.4, 0.5) is 0 Å². The molecule has 0 saturated carbocycles. The second-order valence-corrected chi connectivity index (χ2v) is 3.06. The van der Waals surface area contributed by atoms with Crippen LogP contribution in [0, 0.1) is 0 Å². The van der Waals surface area contributed by atoms with E-state index in [0.717, 1.165) is 16.9 Å². The summed E-state index contributed by atoms with van der Waals surface area (Å²) >= 11 is 0. The van der Waals surface area contributed by atoms with E-state index in [1.165, 1.54) is 0 Å². The second kappa shape index (κ2) is 2.70. The highest BCUT2D eigenvalue weighted by molar-refractivity contribution is 5.63. The van der Waals surface area contributed by atoms with Crippen molar-refractivity contribution in [2.24, 2.45) is 0 Å². The fourth-order valence-corrected chi connectivity index (χ4v) is 1.49. The van der Waals surface area contributed by atoms with Crippen LogP contribution < -0.4 is 0 Å². The summed E-state index contributed by atoms with van der Waals surface area (Å²) in [4.78, 5) is 8.16. The van der Waals surface area contributed by atoms with Gasteiger partial charge >= 0.3 is 0 Å². The van der Waals surface area contributed by atoms with Crippen LogP contribution in [0.5, 0.6) is 0 Å². The lowest BCUT2D eigenvalue weighted by atomic mass is 10.2. The van der Waals surface area contributed by atoms with E-state index < -0.39 is 0 Å². The van der Waals surface area contributed by atoms with Crippen LogP contribution in [0.2, 0.25) is 0 Å². The molecule has 3 rings (SSSR count). The molecule has 0 aliphatic heterocycles. The molecule has 3 heterocycles. The lowest BCUT2D eigenvalue weighted by molar-refractivity contribution is 0.978. The summed E-state index contributed by atoms with van der Waals surface area (Å²) in [5.41, 5.74) is 3.10. The molecule has 0 aromatic carbocycles. The fraction of sp³-hybridized carbons (Fsp3) is 0. The van der Waals surface area contributed by atoms with E-state index in [2.05, 4.69) is 15.1 Å². The summed E-state index contributed by atoms with van der Waals surface area (Å²) in [6.07, 6.45) is 7.21. The third-order valence-corrected chi connectivity index (χ3v) is 2.18. The monoisotopic (exact) mass is 184 g/mol. The first kappa shape index (κ1) is 7.32. The largest absolute Gasteiger partial charge is 0.292 e. The van der Waals surface area contributed by atoms with Gasteiger partial charge in [0.05, 0.1) is 5.69 Å². The van der Waals surface area contributed by atoms with Gasteiger partial charge in [-0.15, -0.1) is 0 Å². The highest BCUT2D eigenvalue weighted by Gasteiger charge is 2.02. The van der Waals surface area contributed by atoms with Gasteiger partial charge in [-0.05, 0) is 12.1 Å². The number of fused-ring (bicyclic) bond motifs is 1. The molecular formula is C10H8N4. The van der Waals surface area contributed by atoms with Crippen LogP contribution in [0.25, 0.3) is 16.9 Å². The third-order valence-electron chi connectivity index (χ3n) is 2.18. The molecule has 0 spiro atoms. The zero-order chi connectivity index (χ0) is 9.38. The van der Waals surface area contributed by atoms with E-state index in [-0.39, 0.29) is 0 Å². The Bertz CT molecular complexity index is 521. The number of imidazole rings is 1. The SMILES string of the molecule is c1cc(-c2cc3nccn3[nH]2)ccn1. The summed E-state index contributed by atoms with van der Waals surface area (Å²) < 4.78 is 1.88. The number of rotatable bonds is 1. The number of aromatic nitrogens is 4. The smallest absolute Gasteiger partial charge is 0.153 e. The van der Waals surface area contributed by atoms with Gasteiger partial charge in [-0.25, -0.2) is 9.50 Å². The highest BCUT2D eigenvalue weighted by Crippen LogP contribution is 2.17. The van der Waals surface area contributed by atoms with E-state index in [1.807, 2.05) is 28.9 Å². The molecule has 0 aliphatic carbocycles. The quantitative estimate of drug-likeness (QED) is 0.626. The maximum Gasteiger partial charge on any atom is 0.153 e. The Kier molecular flexibility index (Phi) is 1.41. The van der Waals surface area contributed by atoms with Gasteiger partial charge in [0.1, 0.15) is 0 Å². The predicted molar refractivity (Wildman–Crippen MR) is 52.8 cm³/mol. The highest BCUT2D eigenvalue weighted by atomic mass is 15.3. The molecule has 0 saturated heterocycles. The number of hydrogen-bond donors (Lipinski definition) is 1. The molecule has 14 heavy (non-hydrogen) atoms. The predicted octanol–water partition coefficient (Wildman–Crippen LogP) is 1.72. The molecule has 0 bridgehead atoms. The molecular weight excluding hydrogens is 176 g/mol. The van der Waals surface area contributed by atoms with Crippen LogP contribution >= 0.6 is 0 Å². The molecule has 0 atom stereocenters. The average molecular weight is 184 g/mol. The molecule has 1 N–H and O–H groups in total. The average Bonchev–Trinajstić information content (AvgIpc) is 2.78.